The lowest BCUT2D eigenvalue weighted by Crippen LogP contribution is -2.49. The summed E-state index contributed by atoms with van der Waals surface area (Å²) >= 11 is 0. The maximum atomic E-state index is 13.1. The van der Waals surface area contributed by atoms with Crippen LogP contribution >= 0.6 is 0 Å². The number of hydrogen-bond acceptors (Lipinski definition) is 4. The van der Waals surface area contributed by atoms with Crippen LogP contribution in [0.1, 0.15) is 24.1 Å². The van der Waals surface area contributed by atoms with E-state index in [0.717, 1.165) is 5.56 Å². The molecule has 0 amide bonds. The summed E-state index contributed by atoms with van der Waals surface area (Å²) in [7, 11) is -3.69. The second kappa shape index (κ2) is 7.54. The van der Waals surface area contributed by atoms with E-state index in [4.69, 9.17) is 0 Å². The summed E-state index contributed by atoms with van der Waals surface area (Å²) in [4.78, 5) is 2.23. The highest BCUT2D eigenvalue weighted by Crippen LogP contribution is 2.25. The molecule has 26 heavy (non-hydrogen) atoms. The van der Waals surface area contributed by atoms with Gasteiger partial charge in [0.25, 0.3) is 0 Å². The summed E-state index contributed by atoms with van der Waals surface area (Å²) in [6.45, 7) is 3.89. The molecule has 1 unspecified atom stereocenters. The molecular formula is C19H20FN3O2S. The molecule has 0 saturated carbocycles. The fourth-order valence-electron chi connectivity index (χ4n) is 3.21. The third kappa shape index (κ3) is 3.63. The lowest BCUT2D eigenvalue weighted by Gasteiger charge is -2.37. The van der Waals surface area contributed by atoms with Crippen LogP contribution in [-0.4, -0.2) is 43.8 Å². The van der Waals surface area contributed by atoms with Gasteiger partial charge in [0.2, 0.25) is 10.0 Å². The predicted octanol–water partition coefficient (Wildman–Crippen LogP) is 2.76. The molecule has 0 aromatic heterocycles. The summed E-state index contributed by atoms with van der Waals surface area (Å²) in [5.41, 5.74) is 1.16. The summed E-state index contributed by atoms with van der Waals surface area (Å²) in [6, 6.07) is 14.7. The fraction of sp³-hybridized carbons (Fsp3) is 0.316. The van der Waals surface area contributed by atoms with E-state index >= 15 is 0 Å². The SMILES string of the molecule is CC(c1ccc(F)cc1)N1CCN(S(=O)(=O)c2ccccc2C#N)CC1. The molecule has 7 heteroatoms. The molecule has 1 saturated heterocycles. The predicted molar refractivity (Wildman–Crippen MR) is 96.3 cm³/mol. The molecule has 0 radical (unpaired) electrons. The lowest BCUT2D eigenvalue weighted by molar-refractivity contribution is 0.146. The minimum absolute atomic E-state index is 0.0579. The maximum absolute atomic E-state index is 13.1. The maximum Gasteiger partial charge on any atom is 0.244 e. The highest BCUT2D eigenvalue weighted by atomic mass is 32.2. The molecule has 1 aliphatic rings. The Bertz CT molecular complexity index is 915. The van der Waals surface area contributed by atoms with Crippen molar-refractivity contribution in [3.63, 3.8) is 0 Å². The van der Waals surface area contributed by atoms with E-state index in [-0.39, 0.29) is 22.3 Å². The Morgan fingerprint density at radius 3 is 2.27 bits per heavy atom. The molecule has 3 rings (SSSR count). The number of piperazine rings is 1. The molecule has 1 aliphatic heterocycles. The van der Waals surface area contributed by atoms with E-state index in [1.54, 1.807) is 24.3 Å². The van der Waals surface area contributed by atoms with E-state index in [0.29, 0.717) is 26.2 Å². The molecule has 0 N–H and O–H groups in total. The normalized spacial score (nSPS) is 17.6. The Labute approximate surface area is 153 Å². The Morgan fingerprint density at radius 1 is 1.04 bits per heavy atom. The van der Waals surface area contributed by atoms with Gasteiger partial charge in [0.1, 0.15) is 11.9 Å². The second-order valence-corrected chi connectivity index (χ2v) is 8.18. The lowest BCUT2D eigenvalue weighted by atomic mass is 10.1. The van der Waals surface area contributed by atoms with Crippen LogP contribution < -0.4 is 0 Å². The first-order valence-electron chi connectivity index (χ1n) is 8.42. The van der Waals surface area contributed by atoms with E-state index in [1.165, 1.54) is 28.6 Å². The highest BCUT2D eigenvalue weighted by Gasteiger charge is 2.31. The van der Waals surface area contributed by atoms with Crippen molar-refractivity contribution in [3.05, 3.63) is 65.5 Å². The minimum atomic E-state index is -3.69. The van der Waals surface area contributed by atoms with E-state index in [9.17, 15) is 18.1 Å². The number of rotatable bonds is 4. The monoisotopic (exact) mass is 373 g/mol. The zero-order valence-electron chi connectivity index (χ0n) is 14.5. The van der Waals surface area contributed by atoms with Gasteiger partial charge in [-0.1, -0.05) is 24.3 Å². The number of halogens is 1. The second-order valence-electron chi connectivity index (χ2n) is 6.28. The average Bonchev–Trinajstić information content (AvgIpc) is 2.68. The minimum Gasteiger partial charge on any atom is -0.294 e. The van der Waals surface area contributed by atoms with Gasteiger partial charge in [-0.05, 0) is 36.8 Å². The van der Waals surface area contributed by atoms with Crippen molar-refractivity contribution in [1.82, 2.24) is 9.21 Å². The fourth-order valence-corrected chi connectivity index (χ4v) is 4.77. The molecule has 1 heterocycles. The topological polar surface area (TPSA) is 64.4 Å². The largest absolute Gasteiger partial charge is 0.294 e. The van der Waals surface area contributed by atoms with Gasteiger partial charge in [-0.15, -0.1) is 0 Å². The van der Waals surface area contributed by atoms with Crippen LogP contribution in [0.4, 0.5) is 4.39 Å². The van der Waals surface area contributed by atoms with Crippen molar-refractivity contribution in [2.24, 2.45) is 0 Å². The highest BCUT2D eigenvalue weighted by molar-refractivity contribution is 7.89. The van der Waals surface area contributed by atoms with Crippen LogP contribution in [-0.2, 0) is 10.0 Å². The first-order valence-corrected chi connectivity index (χ1v) is 9.86. The van der Waals surface area contributed by atoms with E-state index in [2.05, 4.69) is 4.90 Å². The Balaban J connectivity index is 1.72. The van der Waals surface area contributed by atoms with Gasteiger partial charge < -0.3 is 0 Å². The van der Waals surface area contributed by atoms with Gasteiger partial charge in [-0.3, -0.25) is 4.90 Å². The van der Waals surface area contributed by atoms with Gasteiger partial charge in [-0.2, -0.15) is 9.57 Å². The van der Waals surface area contributed by atoms with Crippen LogP contribution in [0.5, 0.6) is 0 Å². The van der Waals surface area contributed by atoms with Crippen molar-refractivity contribution in [3.8, 4) is 6.07 Å². The molecule has 2 aromatic rings. The third-order valence-electron chi connectivity index (χ3n) is 4.80. The van der Waals surface area contributed by atoms with Crippen molar-refractivity contribution < 1.29 is 12.8 Å². The Morgan fingerprint density at radius 2 is 1.65 bits per heavy atom. The van der Waals surface area contributed by atoms with Crippen LogP contribution in [0.15, 0.2) is 53.4 Å². The van der Waals surface area contributed by atoms with Gasteiger partial charge in [0, 0.05) is 32.2 Å². The quantitative estimate of drug-likeness (QED) is 0.827. The molecule has 1 fully saturated rings. The van der Waals surface area contributed by atoms with Crippen LogP contribution in [0.3, 0.4) is 0 Å². The number of benzene rings is 2. The van der Waals surface area contributed by atoms with Crippen LogP contribution in [0, 0.1) is 17.1 Å². The molecule has 136 valence electrons. The summed E-state index contributed by atoms with van der Waals surface area (Å²) in [6.07, 6.45) is 0. The molecule has 2 aromatic carbocycles. The number of nitriles is 1. The molecule has 5 nitrogen and oxygen atoms in total. The molecule has 0 spiro atoms. The van der Waals surface area contributed by atoms with Gasteiger partial charge in [-0.25, -0.2) is 12.8 Å². The number of hydrogen-bond donors (Lipinski definition) is 0. The van der Waals surface area contributed by atoms with Gasteiger partial charge >= 0.3 is 0 Å². The van der Waals surface area contributed by atoms with Gasteiger partial charge in [0.05, 0.1) is 10.5 Å². The summed E-state index contributed by atoms with van der Waals surface area (Å²) in [5.74, 6) is -0.270. The molecule has 0 bridgehead atoms. The van der Waals surface area contributed by atoms with Crippen molar-refractivity contribution in [2.75, 3.05) is 26.2 Å². The van der Waals surface area contributed by atoms with E-state index < -0.39 is 10.0 Å². The first kappa shape index (κ1) is 18.5. The van der Waals surface area contributed by atoms with Crippen molar-refractivity contribution in [2.45, 2.75) is 17.9 Å². The zero-order valence-corrected chi connectivity index (χ0v) is 15.3. The standard InChI is InChI=1S/C19H20FN3O2S/c1-15(16-6-8-18(20)9-7-16)22-10-12-23(13-11-22)26(24,25)19-5-3-2-4-17(19)14-21/h2-9,15H,10-13H2,1H3. The van der Waals surface area contributed by atoms with E-state index in [1.807, 2.05) is 13.0 Å². The number of nitrogens with zero attached hydrogens (tertiary/aromatic N) is 3. The Kier molecular flexibility index (Phi) is 5.37. The average molecular weight is 373 g/mol. The summed E-state index contributed by atoms with van der Waals surface area (Å²) < 4.78 is 40.2. The van der Waals surface area contributed by atoms with Crippen LogP contribution in [0.25, 0.3) is 0 Å². The Hall–Kier alpha value is -2.27. The third-order valence-corrected chi connectivity index (χ3v) is 6.76. The van der Waals surface area contributed by atoms with Crippen molar-refractivity contribution >= 4 is 10.0 Å². The molecule has 0 aliphatic carbocycles. The van der Waals surface area contributed by atoms with Crippen LogP contribution in [0.2, 0.25) is 0 Å². The summed E-state index contributed by atoms with van der Waals surface area (Å²) in [5, 5.41) is 9.17. The number of sulfonamides is 1. The molecular weight excluding hydrogens is 353 g/mol. The zero-order chi connectivity index (χ0) is 18.7. The first-order chi connectivity index (χ1) is 12.4. The molecule has 1 atom stereocenters. The smallest absolute Gasteiger partial charge is 0.244 e. The van der Waals surface area contributed by atoms with Gasteiger partial charge in [0.15, 0.2) is 0 Å². The van der Waals surface area contributed by atoms with Crippen molar-refractivity contribution in [1.29, 1.82) is 5.26 Å².